The summed E-state index contributed by atoms with van der Waals surface area (Å²) in [4.78, 5) is 4.97. The van der Waals surface area contributed by atoms with Crippen molar-refractivity contribution < 1.29 is 17.9 Å². The summed E-state index contributed by atoms with van der Waals surface area (Å²) in [5.41, 5.74) is 4.10. The standard InChI is InChI=1S/C23H21N3O4S2/c1-15-22(32(27,28)24-12-16-8-9-20-21(10-16)30-14-29-20)11-19(26(15)2)23-25-18(13-31-23)17-6-4-3-5-7-17/h3-11,13,24H,12,14H2,1-2H3. The molecule has 0 saturated carbocycles. The van der Waals surface area contributed by atoms with Gasteiger partial charge in [-0.1, -0.05) is 36.4 Å². The van der Waals surface area contributed by atoms with Crippen LogP contribution in [0.1, 0.15) is 11.3 Å². The monoisotopic (exact) mass is 467 g/mol. The molecule has 0 aliphatic carbocycles. The molecule has 4 aromatic rings. The Balaban J connectivity index is 1.40. The Hall–Kier alpha value is -3.14. The van der Waals surface area contributed by atoms with Crippen molar-refractivity contribution in [3.05, 3.63) is 71.2 Å². The molecule has 0 bridgehead atoms. The lowest BCUT2D eigenvalue weighted by atomic mass is 10.2. The number of hydrogen-bond donors (Lipinski definition) is 1. The zero-order valence-electron chi connectivity index (χ0n) is 17.5. The maximum absolute atomic E-state index is 13.1. The summed E-state index contributed by atoms with van der Waals surface area (Å²) in [6.07, 6.45) is 0. The second-order valence-electron chi connectivity index (χ2n) is 7.45. The number of aromatic nitrogens is 2. The molecule has 0 saturated heterocycles. The van der Waals surface area contributed by atoms with Crippen LogP contribution in [-0.2, 0) is 23.6 Å². The highest BCUT2D eigenvalue weighted by Gasteiger charge is 2.24. The van der Waals surface area contributed by atoms with Gasteiger partial charge in [-0.05, 0) is 30.7 Å². The SMILES string of the molecule is Cc1c(S(=O)(=O)NCc2ccc3c(c2)OCO3)cc(-c2nc(-c3ccccc3)cs2)n1C. The average Bonchev–Trinajstić information content (AvgIpc) is 3.53. The topological polar surface area (TPSA) is 82.5 Å². The average molecular weight is 468 g/mol. The van der Waals surface area contributed by atoms with Gasteiger partial charge in [-0.15, -0.1) is 11.3 Å². The Morgan fingerprint density at radius 1 is 1.09 bits per heavy atom. The number of fused-ring (bicyclic) bond motifs is 1. The minimum atomic E-state index is -3.72. The molecule has 32 heavy (non-hydrogen) atoms. The summed E-state index contributed by atoms with van der Waals surface area (Å²) in [6.45, 7) is 2.13. The van der Waals surface area contributed by atoms with Crippen LogP contribution in [0.15, 0.2) is 64.9 Å². The zero-order chi connectivity index (χ0) is 22.3. The second kappa shape index (κ2) is 8.09. The molecule has 2 aromatic heterocycles. The van der Waals surface area contributed by atoms with E-state index in [-0.39, 0.29) is 18.2 Å². The Kier molecular flexibility index (Phi) is 5.24. The highest BCUT2D eigenvalue weighted by atomic mass is 32.2. The Morgan fingerprint density at radius 3 is 2.69 bits per heavy atom. The molecule has 1 aliphatic heterocycles. The first kappa shape index (κ1) is 20.7. The Labute approximate surface area is 190 Å². The number of hydrogen-bond acceptors (Lipinski definition) is 6. The van der Waals surface area contributed by atoms with Crippen molar-refractivity contribution in [2.45, 2.75) is 18.4 Å². The zero-order valence-corrected chi connectivity index (χ0v) is 19.2. The summed E-state index contributed by atoms with van der Waals surface area (Å²) >= 11 is 1.49. The molecule has 0 radical (unpaired) electrons. The van der Waals surface area contributed by atoms with E-state index >= 15 is 0 Å². The van der Waals surface area contributed by atoms with Crippen LogP contribution in [-0.4, -0.2) is 24.8 Å². The largest absolute Gasteiger partial charge is 0.454 e. The van der Waals surface area contributed by atoms with Crippen LogP contribution in [0.2, 0.25) is 0 Å². The van der Waals surface area contributed by atoms with Gasteiger partial charge in [-0.2, -0.15) is 0 Å². The summed E-state index contributed by atoms with van der Waals surface area (Å²) in [5.74, 6) is 1.29. The van der Waals surface area contributed by atoms with Crippen LogP contribution >= 0.6 is 11.3 Å². The van der Waals surface area contributed by atoms with Gasteiger partial charge in [0.25, 0.3) is 0 Å². The molecule has 0 fully saturated rings. The lowest BCUT2D eigenvalue weighted by Gasteiger charge is -2.08. The number of rotatable bonds is 6. The van der Waals surface area contributed by atoms with Gasteiger partial charge in [0, 0.05) is 30.2 Å². The van der Waals surface area contributed by atoms with Crippen LogP contribution in [0.5, 0.6) is 11.5 Å². The van der Waals surface area contributed by atoms with E-state index in [9.17, 15) is 8.42 Å². The van der Waals surface area contributed by atoms with E-state index in [2.05, 4.69) is 4.72 Å². The Morgan fingerprint density at radius 2 is 1.88 bits per heavy atom. The van der Waals surface area contributed by atoms with E-state index in [1.54, 1.807) is 25.1 Å². The van der Waals surface area contributed by atoms with Crippen molar-refractivity contribution in [3.8, 4) is 33.5 Å². The maximum atomic E-state index is 13.1. The van der Waals surface area contributed by atoms with E-state index in [4.69, 9.17) is 14.5 Å². The third kappa shape index (κ3) is 3.79. The van der Waals surface area contributed by atoms with Crippen molar-refractivity contribution in [1.29, 1.82) is 0 Å². The molecule has 7 nitrogen and oxygen atoms in total. The third-order valence-electron chi connectivity index (χ3n) is 5.47. The first-order chi connectivity index (χ1) is 15.4. The van der Waals surface area contributed by atoms with Crippen molar-refractivity contribution in [3.63, 3.8) is 0 Å². The quantitative estimate of drug-likeness (QED) is 0.456. The first-order valence-electron chi connectivity index (χ1n) is 9.98. The minimum Gasteiger partial charge on any atom is -0.454 e. The van der Waals surface area contributed by atoms with Gasteiger partial charge in [0.1, 0.15) is 9.90 Å². The summed E-state index contributed by atoms with van der Waals surface area (Å²) < 4.78 is 41.4. The number of sulfonamides is 1. The smallest absolute Gasteiger partial charge is 0.242 e. The number of ether oxygens (including phenoxy) is 2. The van der Waals surface area contributed by atoms with Crippen molar-refractivity contribution in [2.75, 3.05) is 6.79 Å². The second-order valence-corrected chi connectivity index (χ2v) is 10.0. The minimum absolute atomic E-state index is 0.151. The number of benzene rings is 2. The molecule has 1 N–H and O–H groups in total. The van der Waals surface area contributed by atoms with Gasteiger partial charge in [0.05, 0.1) is 11.4 Å². The fourth-order valence-electron chi connectivity index (χ4n) is 3.59. The Bertz CT molecular complexity index is 1390. The maximum Gasteiger partial charge on any atom is 0.242 e. The first-order valence-corrected chi connectivity index (χ1v) is 12.3. The molecule has 5 rings (SSSR count). The van der Waals surface area contributed by atoms with Crippen molar-refractivity contribution in [1.82, 2.24) is 14.3 Å². The van der Waals surface area contributed by atoms with E-state index in [0.717, 1.165) is 27.5 Å². The molecule has 1 aliphatic rings. The van der Waals surface area contributed by atoms with E-state index in [0.29, 0.717) is 17.2 Å². The van der Waals surface area contributed by atoms with Crippen molar-refractivity contribution >= 4 is 21.4 Å². The third-order valence-corrected chi connectivity index (χ3v) is 7.86. The number of thiazole rings is 1. The molecule has 3 heterocycles. The normalized spacial score (nSPS) is 12.9. The molecule has 0 spiro atoms. The summed E-state index contributed by atoms with van der Waals surface area (Å²) in [5, 5.41) is 2.76. The van der Waals surface area contributed by atoms with Gasteiger partial charge in [-0.25, -0.2) is 18.1 Å². The van der Waals surface area contributed by atoms with Gasteiger partial charge < -0.3 is 14.0 Å². The van der Waals surface area contributed by atoms with Crippen molar-refractivity contribution in [2.24, 2.45) is 7.05 Å². The highest BCUT2D eigenvalue weighted by Crippen LogP contribution is 2.34. The molecule has 9 heteroatoms. The fourth-order valence-corrected chi connectivity index (χ4v) is 5.77. The lowest BCUT2D eigenvalue weighted by Crippen LogP contribution is -2.23. The number of nitrogens with one attached hydrogen (secondary N) is 1. The molecule has 0 unspecified atom stereocenters. The van der Waals surface area contributed by atoms with E-state index in [1.165, 1.54) is 11.3 Å². The molecule has 0 atom stereocenters. The molecule has 164 valence electrons. The highest BCUT2D eigenvalue weighted by molar-refractivity contribution is 7.89. The van der Waals surface area contributed by atoms with E-state index in [1.807, 2.05) is 53.4 Å². The van der Waals surface area contributed by atoms with Crippen LogP contribution in [0.3, 0.4) is 0 Å². The van der Waals surface area contributed by atoms with Crippen LogP contribution in [0.25, 0.3) is 22.0 Å². The predicted molar refractivity (Wildman–Crippen MR) is 123 cm³/mol. The number of nitrogens with zero attached hydrogens (tertiary/aromatic N) is 2. The van der Waals surface area contributed by atoms with Crippen LogP contribution in [0.4, 0.5) is 0 Å². The summed E-state index contributed by atoms with van der Waals surface area (Å²) in [6, 6.07) is 17.0. The fraction of sp³-hybridized carbons (Fsp3) is 0.174. The van der Waals surface area contributed by atoms with Gasteiger partial charge in [-0.3, -0.25) is 0 Å². The van der Waals surface area contributed by atoms with E-state index < -0.39 is 10.0 Å². The molecular weight excluding hydrogens is 446 g/mol. The van der Waals surface area contributed by atoms with Gasteiger partial charge >= 0.3 is 0 Å². The van der Waals surface area contributed by atoms with Gasteiger partial charge in [0.2, 0.25) is 16.8 Å². The summed E-state index contributed by atoms with van der Waals surface area (Å²) in [7, 11) is -1.87. The predicted octanol–water partition coefficient (Wildman–Crippen LogP) is 4.33. The van der Waals surface area contributed by atoms with Crippen LogP contribution in [0, 0.1) is 6.92 Å². The lowest BCUT2D eigenvalue weighted by molar-refractivity contribution is 0.174. The van der Waals surface area contributed by atoms with Crippen LogP contribution < -0.4 is 14.2 Å². The molecular formula is C23H21N3O4S2. The molecule has 0 amide bonds. The van der Waals surface area contributed by atoms with Gasteiger partial charge in [0.15, 0.2) is 11.5 Å². The molecule has 2 aromatic carbocycles.